The van der Waals surface area contributed by atoms with E-state index >= 15 is 0 Å². The maximum Gasteiger partial charge on any atom is 0.162 e. The lowest BCUT2D eigenvalue weighted by atomic mass is 10.0. The zero-order valence-electron chi connectivity index (χ0n) is 8.70. The molecule has 1 aliphatic heterocycles. The molecule has 1 N–H and O–H groups in total. The molecule has 0 unspecified atom stereocenters. The van der Waals surface area contributed by atoms with Gasteiger partial charge in [0.1, 0.15) is 18.1 Å². The van der Waals surface area contributed by atoms with E-state index < -0.39 is 0 Å². The van der Waals surface area contributed by atoms with Crippen LogP contribution in [0.1, 0.15) is 18.1 Å². The minimum Gasteiger partial charge on any atom is -0.507 e. The van der Waals surface area contributed by atoms with Crippen LogP contribution >= 0.6 is 0 Å². The average molecular weight is 204 g/mol. The van der Waals surface area contributed by atoms with Gasteiger partial charge in [0.25, 0.3) is 0 Å². The minimum atomic E-state index is -0.153. The lowest BCUT2D eigenvalue weighted by Crippen LogP contribution is -2.16. The first kappa shape index (κ1) is 9.77. The van der Waals surface area contributed by atoms with Gasteiger partial charge in [-0.15, -0.1) is 0 Å². The first-order valence-electron chi connectivity index (χ1n) is 4.76. The lowest BCUT2D eigenvalue weighted by molar-refractivity contribution is -0.114. The Bertz CT molecular complexity index is 458. The monoisotopic (exact) mass is 204 g/mol. The zero-order valence-corrected chi connectivity index (χ0v) is 8.70. The lowest BCUT2D eigenvalue weighted by Gasteiger charge is -2.19. The maximum absolute atomic E-state index is 11.2. The second-order valence-corrected chi connectivity index (χ2v) is 3.67. The molecule has 15 heavy (non-hydrogen) atoms. The molecule has 0 aromatic heterocycles. The van der Waals surface area contributed by atoms with E-state index in [4.69, 9.17) is 4.74 Å². The van der Waals surface area contributed by atoms with E-state index in [1.165, 1.54) is 6.92 Å². The summed E-state index contributed by atoms with van der Waals surface area (Å²) in [6.07, 6.45) is 0. The highest BCUT2D eigenvalue weighted by Crippen LogP contribution is 2.32. The van der Waals surface area contributed by atoms with Crippen LogP contribution < -0.4 is 4.74 Å². The number of benzene rings is 1. The standard InChI is InChI=1S/C12H12O3/c1-7-3-4-11-9(5-7)12(14)10(6-15-11)8(2)13/h3-5,14H,6H2,1-2H3. The van der Waals surface area contributed by atoms with E-state index in [0.29, 0.717) is 16.9 Å². The molecule has 0 saturated heterocycles. The van der Waals surface area contributed by atoms with Crippen molar-refractivity contribution in [1.29, 1.82) is 0 Å². The SMILES string of the molecule is CC(=O)C1=C(O)c2cc(C)ccc2OC1. The van der Waals surface area contributed by atoms with Gasteiger partial charge >= 0.3 is 0 Å². The van der Waals surface area contributed by atoms with Gasteiger partial charge in [-0.3, -0.25) is 4.79 Å². The van der Waals surface area contributed by atoms with Crippen LogP contribution in [0.25, 0.3) is 5.76 Å². The highest BCUT2D eigenvalue weighted by Gasteiger charge is 2.22. The Kier molecular flexibility index (Phi) is 2.23. The van der Waals surface area contributed by atoms with E-state index in [1.807, 2.05) is 19.1 Å². The van der Waals surface area contributed by atoms with Gasteiger partial charge < -0.3 is 9.84 Å². The van der Waals surface area contributed by atoms with Crippen molar-refractivity contribution >= 4 is 11.5 Å². The topological polar surface area (TPSA) is 46.5 Å². The van der Waals surface area contributed by atoms with Crippen LogP contribution in [0.15, 0.2) is 23.8 Å². The van der Waals surface area contributed by atoms with Crippen molar-refractivity contribution in [3.8, 4) is 5.75 Å². The number of rotatable bonds is 1. The fourth-order valence-electron chi connectivity index (χ4n) is 1.60. The van der Waals surface area contributed by atoms with Gasteiger partial charge in [-0.1, -0.05) is 11.6 Å². The summed E-state index contributed by atoms with van der Waals surface area (Å²) in [4.78, 5) is 11.2. The van der Waals surface area contributed by atoms with Gasteiger partial charge in [0, 0.05) is 0 Å². The van der Waals surface area contributed by atoms with Crippen molar-refractivity contribution in [3.63, 3.8) is 0 Å². The molecule has 0 amide bonds. The van der Waals surface area contributed by atoms with Crippen molar-refractivity contribution in [2.75, 3.05) is 6.61 Å². The Labute approximate surface area is 88.0 Å². The number of ether oxygens (including phenoxy) is 1. The molecule has 0 bridgehead atoms. The first-order valence-corrected chi connectivity index (χ1v) is 4.76. The van der Waals surface area contributed by atoms with E-state index in [0.717, 1.165) is 5.56 Å². The second-order valence-electron chi connectivity index (χ2n) is 3.67. The summed E-state index contributed by atoms with van der Waals surface area (Å²) < 4.78 is 5.38. The summed E-state index contributed by atoms with van der Waals surface area (Å²) in [5.41, 5.74) is 1.97. The Morgan fingerprint density at radius 1 is 1.47 bits per heavy atom. The molecule has 0 fully saturated rings. The summed E-state index contributed by atoms with van der Waals surface area (Å²) in [6, 6.07) is 5.52. The molecule has 1 heterocycles. The zero-order chi connectivity index (χ0) is 11.0. The Hall–Kier alpha value is -1.77. The maximum atomic E-state index is 11.2. The molecule has 3 nitrogen and oxygen atoms in total. The van der Waals surface area contributed by atoms with Gasteiger partial charge in [0.2, 0.25) is 0 Å². The number of hydrogen-bond donors (Lipinski definition) is 1. The molecular weight excluding hydrogens is 192 g/mol. The molecule has 1 aliphatic rings. The number of carbonyl (C=O) groups is 1. The van der Waals surface area contributed by atoms with E-state index in [9.17, 15) is 9.90 Å². The van der Waals surface area contributed by atoms with Crippen molar-refractivity contribution in [2.24, 2.45) is 0 Å². The molecular formula is C12H12O3. The van der Waals surface area contributed by atoms with Gasteiger partial charge in [-0.05, 0) is 26.0 Å². The van der Waals surface area contributed by atoms with E-state index in [2.05, 4.69) is 0 Å². The molecule has 0 aliphatic carbocycles. The normalized spacial score (nSPS) is 14.5. The third-order valence-corrected chi connectivity index (χ3v) is 2.47. The number of aliphatic hydroxyl groups excluding tert-OH is 1. The molecule has 3 heteroatoms. The third-order valence-electron chi connectivity index (χ3n) is 2.47. The number of fused-ring (bicyclic) bond motifs is 1. The van der Waals surface area contributed by atoms with Gasteiger partial charge in [-0.25, -0.2) is 0 Å². The average Bonchev–Trinajstić information content (AvgIpc) is 2.19. The highest BCUT2D eigenvalue weighted by molar-refractivity contribution is 6.01. The quantitative estimate of drug-likeness (QED) is 0.763. The van der Waals surface area contributed by atoms with Crippen LogP contribution in [-0.4, -0.2) is 17.5 Å². The van der Waals surface area contributed by atoms with Crippen molar-refractivity contribution in [1.82, 2.24) is 0 Å². The number of carbonyl (C=O) groups excluding carboxylic acids is 1. The molecule has 1 aromatic carbocycles. The highest BCUT2D eigenvalue weighted by atomic mass is 16.5. The Balaban J connectivity index is 2.59. The molecule has 0 saturated carbocycles. The molecule has 78 valence electrons. The first-order chi connectivity index (χ1) is 7.09. The molecule has 1 aromatic rings. The van der Waals surface area contributed by atoms with Gasteiger partial charge in [-0.2, -0.15) is 0 Å². The van der Waals surface area contributed by atoms with Crippen LogP contribution in [0.5, 0.6) is 5.75 Å². The number of ketones is 1. The van der Waals surface area contributed by atoms with Crippen LogP contribution in [0.4, 0.5) is 0 Å². The van der Waals surface area contributed by atoms with E-state index in [-0.39, 0.29) is 18.1 Å². The molecule has 0 radical (unpaired) electrons. The second kappa shape index (κ2) is 3.42. The number of hydrogen-bond acceptors (Lipinski definition) is 3. The summed E-state index contributed by atoms with van der Waals surface area (Å²) in [5, 5.41) is 9.89. The predicted molar refractivity (Wildman–Crippen MR) is 56.9 cm³/mol. The van der Waals surface area contributed by atoms with Gasteiger partial charge in [0.15, 0.2) is 5.78 Å². The summed E-state index contributed by atoms with van der Waals surface area (Å²) >= 11 is 0. The van der Waals surface area contributed by atoms with Crippen LogP contribution in [-0.2, 0) is 4.79 Å². The summed E-state index contributed by atoms with van der Waals surface area (Å²) in [5.74, 6) is 0.523. The Morgan fingerprint density at radius 3 is 2.87 bits per heavy atom. The number of aryl methyl sites for hydroxylation is 1. The Morgan fingerprint density at radius 2 is 2.20 bits per heavy atom. The summed E-state index contributed by atoms with van der Waals surface area (Å²) in [6.45, 7) is 3.50. The largest absolute Gasteiger partial charge is 0.507 e. The van der Waals surface area contributed by atoms with Crippen molar-refractivity contribution in [3.05, 3.63) is 34.9 Å². The molecule has 0 atom stereocenters. The van der Waals surface area contributed by atoms with Gasteiger partial charge in [0.05, 0.1) is 11.1 Å². The summed E-state index contributed by atoms with van der Waals surface area (Å²) in [7, 11) is 0. The van der Waals surface area contributed by atoms with Crippen LogP contribution in [0, 0.1) is 6.92 Å². The molecule has 0 spiro atoms. The van der Waals surface area contributed by atoms with Crippen molar-refractivity contribution < 1.29 is 14.6 Å². The third kappa shape index (κ3) is 1.61. The van der Waals surface area contributed by atoms with Crippen LogP contribution in [0.2, 0.25) is 0 Å². The van der Waals surface area contributed by atoms with Crippen LogP contribution in [0.3, 0.4) is 0 Å². The van der Waals surface area contributed by atoms with E-state index in [1.54, 1.807) is 6.07 Å². The minimum absolute atomic E-state index is 0.0486. The molecule has 2 rings (SSSR count). The van der Waals surface area contributed by atoms with Crippen molar-refractivity contribution in [2.45, 2.75) is 13.8 Å². The fraction of sp³-hybridized carbons (Fsp3) is 0.250. The number of aliphatic hydroxyl groups is 1. The smallest absolute Gasteiger partial charge is 0.162 e. The predicted octanol–water partition coefficient (Wildman–Crippen LogP) is 2.25. The fourth-order valence-corrected chi connectivity index (χ4v) is 1.60. The number of Topliss-reactive ketones (excluding diaryl/α,β-unsaturated/α-hetero) is 1.